The summed E-state index contributed by atoms with van der Waals surface area (Å²) in [5, 5.41) is 6.53. The molecule has 5 nitrogen and oxygen atoms in total. The van der Waals surface area contributed by atoms with Gasteiger partial charge in [0.1, 0.15) is 11.4 Å². The summed E-state index contributed by atoms with van der Waals surface area (Å²) in [5.41, 5.74) is 4.30. The molecule has 1 aliphatic rings. The average Bonchev–Trinajstić information content (AvgIpc) is 3.00. The van der Waals surface area contributed by atoms with Gasteiger partial charge in [-0.1, -0.05) is 18.2 Å². The zero-order chi connectivity index (χ0) is 14.7. The molecule has 3 rings (SSSR count). The van der Waals surface area contributed by atoms with E-state index in [1.807, 2.05) is 0 Å². The van der Waals surface area contributed by atoms with Crippen molar-refractivity contribution in [1.29, 1.82) is 0 Å². The minimum absolute atomic E-state index is 0.385. The van der Waals surface area contributed by atoms with Crippen molar-refractivity contribution in [2.24, 2.45) is 0 Å². The van der Waals surface area contributed by atoms with Crippen molar-refractivity contribution in [3.8, 4) is 0 Å². The smallest absolute Gasteiger partial charge is 0.341 e. The summed E-state index contributed by atoms with van der Waals surface area (Å²) in [6.45, 7) is 2.48. The molecule has 1 aromatic heterocycles. The van der Waals surface area contributed by atoms with Gasteiger partial charge in [0.2, 0.25) is 0 Å². The molecule has 0 unspecified atom stereocenters. The predicted octanol–water partition coefficient (Wildman–Crippen LogP) is 2.08. The van der Waals surface area contributed by atoms with Gasteiger partial charge in [-0.15, -0.1) is 0 Å². The Morgan fingerprint density at radius 2 is 2.19 bits per heavy atom. The molecule has 0 atom stereocenters. The maximum Gasteiger partial charge on any atom is 0.341 e. The van der Waals surface area contributed by atoms with Crippen LogP contribution < -0.4 is 10.6 Å². The van der Waals surface area contributed by atoms with E-state index in [0.29, 0.717) is 17.9 Å². The van der Waals surface area contributed by atoms with Crippen molar-refractivity contribution in [3.63, 3.8) is 0 Å². The number of ether oxygens (including phenoxy) is 1. The number of rotatable bonds is 4. The summed E-state index contributed by atoms with van der Waals surface area (Å²) in [6.07, 6.45) is 1.65. The fourth-order valence-corrected chi connectivity index (χ4v) is 2.46. The summed E-state index contributed by atoms with van der Waals surface area (Å²) in [4.78, 5) is 15.9. The lowest BCUT2D eigenvalue weighted by Gasteiger charge is -2.10. The van der Waals surface area contributed by atoms with Crippen LogP contribution in [0.4, 0.5) is 5.82 Å². The minimum Gasteiger partial charge on any atom is -0.465 e. The number of nitrogens with zero attached hydrogens (tertiary/aromatic N) is 1. The molecular formula is C16H17N3O2. The number of esters is 1. The van der Waals surface area contributed by atoms with Gasteiger partial charge in [-0.3, -0.25) is 0 Å². The van der Waals surface area contributed by atoms with E-state index in [4.69, 9.17) is 4.74 Å². The van der Waals surface area contributed by atoms with Crippen molar-refractivity contribution in [2.45, 2.75) is 19.6 Å². The van der Waals surface area contributed by atoms with E-state index >= 15 is 0 Å². The summed E-state index contributed by atoms with van der Waals surface area (Å²) in [5.74, 6) is 0.159. The third-order valence-corrected chi connectivity index (χ3v) is 3.57. The number of fused-ring (bicyclic) bond motifs is 1. The standard InChI is InChI=1S/C16H17N3O2/c1-21-16(20)14-3-2-6-18-15(14)19-8-11-4-5-12-9-17-10-13(12)7-11/h2-7,17H,8-10H2,1H3,(H,18,19). The van der Waals surface area contributed by atoms with Crippen LogP contribution >= 0.6 is 0 Å². The van der Waals surface area contributed by atoms with Gasteiger partial charge >= 0.3 is 5.97 Å². The first-order valence-electron chi connectivity index (χ1n) is 6.86. The number of hydrogen-bond acceptors (Lipinski definition) is 5. The number of nitrogens with one attached hydrogen (secondary N) is 2. The molecular weight excluding hydrogens is 266 g/mol. The van der Waals surface area contributed by atoms with Gasteiger partial charge in [0.25, 0.3) is 0 Å². The van der Waals surface area contributed by atoms with Gasteiger partial charge in [-0.2, -0.15) is 0 Å². The number of carbonyl (C=O) groups is 1. The highest BCUT2D eigenvalue weighted by atomic mass is 16.5. The van der Waals surface area contributed by atoms with Crippen LogP contribution in [0.5, 0.6) is 0 Å². The van der Waals surface area contributed by atoms with Crippen LogP contribution in [0, 0.1) is 0 Å². The summed E-state index contributed by atoms with van der Waals surface area (Å²) < 4.78 is 4.76. The summed E-state index contributed by atoms with van der Waals surface area (Å²) >= 11 is 0. The third-order valence-electron chi connectivity index (χ3n) is 3.57. The van der Waals surface area contributed by atoms with E-state index in [0.717, 1.165) is 13.1 Å². The topological polar surface area (TPSA) is 63.2 Å². The second kappa shape index (κ2) is 5.93. The zero-order valence-corrected chi connectivity index (χ0v) is 11.8. The molecule has 0 aliphatic carbocycles. The number of carbonyl (C=O) groups excluding carboxylic acids is 1. The van der Waals surface area contributed by atoms with Crippen LogP contribution in [-0.2, 0) is 24.4 Å². The Morgan fingerprint density at radius 3 is 3.05 bits per heavy atom. The highest BCUT2D eigenvalue weighted by molar-refractivity contribution is 5.94. The van der Waals surface area contributed by atoms with Crippen molar-refractivity contribution < 1.29 is 9.53 Å². The van der Waals surface area contributed by atoms with E-state index in [1.165, 1.54) is 23.8 Å². The molecule has 0 fully saturated rings. The Morgan fingerprint density at radius 1 is 1.33 bits per heavy atom. The van der Waals surface area contributed by atoms with Crippen molar-refractivity contribution in [3.05, 3.63) is 58.8 Å². The number of anilines is 1. The first-order valence-corrected chi connectivity index (χ1v) is 6.86. The van der Waals surface area contributed by atoms with Crippen LogP contribution in [-0.4, -0.2) is 18.1 Å². The Bertz CT molecular complexity index is 670. The number of methoxy groups -OCH3 is 1. The highest BCUT2D eigenvalue weighted by Gasteiger charge is 2.13. The Balaban J connectivity index is 1.75. The van der Waals surface area contributed by atoms with Crippen LogP contribution in [0.25, 0.3) is 0 Å². The second-order valence-corrected chi connectivity index (χ2v) is 4.95. The maximum atomic E-state index is 11.7. The SMILES string of the molecule is COC(=O)c1cccnc1NCc1ccc2c(c1)CNC2. The fraction of sp³-hybridized carbons (Fsp3) is 0.250. The normalized spacial score (nSPS) is 12.8. The quantitative estimate of drug-likeness (QED) is 0.841. The van der Waals surface area contributed by atoms with Gasteiger partial charge < -0.3 is 15.4 Å². The van der Waals surface area contributed by atoms with Gasteiger partial charge in [0.05, 0.1) is 7.11 Å². The zero-order valence-electron chi connectivity index (χ0n) is 11.8. The first kappa shape index (κ1) is 13.6. The molecule has 2 heterocycles. The van der Waals surface area contributed by atoms with Crippen LogP contribution in [0.1, 0.15) is 27.0 Å². The Kier molecular flexibility index (Phi) is 3.83. The van der Waals surface area contributed by atoms with Gasteiger partial charge in [-0.25, -0.2) is 9.78 Å². The molecule has 0 bridgehead atoms. The molecule has 0 saturated carbocycles. The van der Waals surface area contributed by atoms with E-state index in [-0.39, 0.29) is 5.97 Å². The third kappa shape index (κ3) is 2.87. The lowest BCUT2D eigenvalue weighted by atomic mass is 10.1. The molecule has 1 aromatic carbocycles. The lowest BCUT2D eigenvalue weighted by Crippen LogP contribution is -2.10. The molecule has 0 saturated heterocycles. The van der Waals surface area contributed by atoms with E-state index in [1.54, 1.807) is 18.3 Å². The molecule has 0 spiro atoms. The maximum absolute atomic E-state index is 11.7. The molecule has 108 valence electrons. The molecule has 5 heteroatoms. The molecule has 2 aromatic rings. The largest absolute Gasteiger partial charge is 0.465 e. The Labute approximate surface area is 123 Å². The van der Waals surface area contributed by atoms with E-state index < -0.39 is 0 Å². The van der Waals surface area contributed by atoms with Crippen molar-refractivity contribution in [2.75, 3.05) is 12.4 Å². The second-order valence-electron chi connectivity index (χ2n) is 4.95. The first-order chi connectivity index (χ1) is 10.3. The van der Waals surface area contributed by atoms with E-state index in [9.17, 15) is 4.79 Å². The lowest BCUT2D eigenvalue weighted by molar-refractivity contribution is 0.0601. The molecule has 2 N–H and O–H groups in total. The van der Waals surface area contributed by atoms with Crippen molar-refractivity contribution in [1.82, 2.24) is 10.3 Å². The summed E-state index contributed by atoms with van der Waals surface area (Å²) in [6, 6.07) is 9.85. The molecule has 0 radical (unpaired) electrons. The molecule has 1 aliphatic heterocycles. The summed E-state index contributed by atoms with van der Waals surface area (Å²) in [7, 11) is 1.37. The number of benzene rings is 1. The van der Waals surface area contributed by atoms with Crippen LogP contribution in [0.15, 0.2) is 36.5 Å². The fourth-order valence-electron chi connectivity index (χ4n) is 2.46. The monoisotopic (exact) mass is 283 g/mol. The van der Waals surface area contributed by atoms with E-state index in [2.05, 4.69) is 33.8 Å². The molecule has 21 heavy (non-hydrogen) atoms. The van der Waals surface area contributed by atoms with Gasteiger partial charge in [0.15, 0.2) is 0 Å². The Hall–Kier alpha value is -2.40. The highest BCUT2D eigenvalue weighted by Crippen LogP contribution is 2.19. The van der Waals surface area contributed by atoms with Crippen LogP contribution in [0.2, 0.25) is 0 Å². The van der Waals surface area contributed by atoms with Gasteiger partial charge in [-0.05, 0) is 28.8 Å². The molecule has 0 amide bonds. The van der Waals surface area contributed by atoms with Crippen LogP contribution in [0.3, 0.4) is 0 Å². The number of hydrogen-bond donors (Lipinski definition) is 2. The number of aromatic nitrogens is 1. The predicted molar refractivity (Wildman–Crippen MR) is 79.9 cm³/mol. The van der Waals surface area contributed by atoms with Gasteiger partial charge in [0, 0.05) is 25.8 Å². The number of pyridine rings is 1. The van der Waals surface area contributed by atoms with Crippen molar-refractivity contribution >= 4 is 11.8 Å². The minimum atomic E-state index is -0.385. The average molecular weight is 283 g/mol.